The molecular formula is C17H24N2O3. The molecule has 2 aliphatic heterocycles. The number of nitrogens with one attached hydrogen (secondary N) is 1. The van der Waals surface area contributed by atoms with Crippen molar-refractivity contribution in [3.05, 3.63) is 29.3 Å². The molecule has 22 heavy (non-hydrogen) atoms. The summed E-state index contributed by atoms with van der Waals surface area (Å²) < 4.78 is 10.9. The summed E-state index contributed by atoms with van der Waals surface area (Å²) in [6.45, 7) is 3.04. The summed E-state index contributed by atoms with van der Waals surface area (Å²) in [5.74, 6) is 1.07. The van der Waals surface area contributed by atoms with Gasteiger partial charge in [0.25, 0.3) is 0 Å². The van der Waals surface area contributed by atoms with E-state index in [4.69, 9.17) is 15.2 Å². The smallest absolute Gasteiger partial charge is 0.227 e. The van der Waals surface area contributed by atoms with Crippen molar-refractivity contribution in [3.8, 4) is 5.75 Å². The van der Waals surface area contributed by atoms with Crippen LogP contribution >= 0.6 is 0 Å². The molecule has 0 atom stereocenters. The first-order valence-corrected chi connectivity index (χ1v) is 8.04. The van der Waals surface area contributed by atoms with Crippen LogP contribution < -0.4 is 15.8 Å². The fourth-order valence-corrected chi connectivity index (χ4v) is 3.19. The van der Waals surface area contributed by atoms with Gasteiger partial charge in [0, 0.05) is 32.7 Å². The number of rotatable bonds is 5. The Labute approximate surface area is 131 Å². The fraction of sp³-hybridized carbons (Fsp3) is 0.588. The average molecular weight is 304 g/mol. The topological polar surface area (TPSA) is 73.6 Å². The number of amides is 1. The lowest BCUT2D eigenvalue weighted by Gasteiger charge is -2.34. The maximum Gasteiger partial charge on any atom is 0.227 e. The summed E-state index contributed by atoms with van der Waals surface area (Å²) in [7, 11) is 0. The zero-order chi connectivity index (χ0) is 15.4. The Morgan fingerprint density at radius 1 is 1.27 bits per heavy atom. The van der Waals surface area contributed by atoms with Crippen molar-refractivity contribution in [1.82, 2.24) is 5.32 Å². The van der Waals surface area contributed by atoms with Crippen LogP contribution in [-0.4, -0.2) is 38.8 Å². The van der Waals surface area contributed by atoms with E-state index in [1.54, 1.807) is 0 Å². The Balaban J connectivity index is 1.53. The van der Waals surface area contributed by atoms with Crippen LogP contribution in [0.5, 0.6) is 5.75 Å². The molecule has 1 fully saturated rings. The van der Waals surface area contributed by atoms with Crippen LogP contribution in [0.4, 0.5) is 0 Å². The van der Waals surface area contributed by atoms with E-state index in [1.807, 2.05) is 6.07 Å². The number of nitrogens with two attached hydrogens (primary N) is 1. The van der Waals surface area contributed by atoms with Gasteiger partial charge in [-0.15, -0.1) is 0 Å². The first-order valence-electron chi connectivity index (χ1n) is 8.04. The number of carbonyl (C=O) groups is 1. The van der Waals surface area contributed by atoms with Gasteiger partial charge >= 0.3 is 0 Å². The Kier molecular flexibility index (Phi) is 4.64. The summed E-state index contributed by atoms with van der Waals surface area (Å²) in [4.78, 5) is 12.5. The molecular weight excluding hydrogens is 280 g/mol. The molecule has 5 heteroatoms. The molecule has 1 amide bonds. The van der Waals surface area contributed by atoms with E-state index in [2.05, 4.69) is 17.4 Å². The van der Waals surface area contributed by atoms with Gasteiger partial charge in [0.1, 0.15) is 5.75 Å². The molecule has 0 spiro atoms. The van der Waals surface area contributed by atoms with Gasteiger partial charge in [-0.05, 0) is 36.5 Å². The van der Waals surface area contributed by atoms with E-state index in [1.165, 1.54) is 11.1 Å². The van der Waals surface area contributed by atoms with E-state index in [0.29, 0.717) is 39.1 Å². The second kappa shape index (κ2) is 6.67. The van der Waals surface area contributed by atoms with Crippen LogP contribution in [0.25, 0.3) is 0 Å². The Hall–Kier alpha value is -1.59. The third-order valence-electron chi connectivity index (χ3n) is 4.78. The van der Waals surface area contributed by atoms with Crippen molar-refractivity contribution in [2.75, 3.05) is 32.9 Å². The van der Waals surface area contributed by atoms with Crippen LogP contribution in [0.3, 0.4) is 0 Å². The molecule has 0 aliphatic carbocycles. The standard InChI is InChI=1S/C17H24N2O3/c18-12-17(5-9-21-10-6-17)16(20)19-7-3-13-1-2-15-14(11-13)4-8-22-15/h1-2,11H,3-10,12,18H2,(H,19,20). The highest BCUT2D eigenvalue weighted by Crippen LogP contribution is 2.29. The van der Waals surface area contributed by atoms with E-state index in [9.17, 15) is 4.79 Å². The van der Waals surface area contributed by atoms with E-state index in [0.717, 1.165) is 25.2 Å². The first kappa shape index (κ1) is 15.3. The lowest BCUT2D eigenvalue weighted by Crippen LogP contribution is -2.49. The monoisotopic (exact) mass is 304 g/mol. The highest BCUT2D eigenvalue weighted by molar-refractivity contribution is 5.83. The minimum atomic E-state index is -0.440. The second-order valence-corrected chi connectivity index (χ2v) is 6.14. The van der Waals surface area contributed by atoms with Gasteiger partial charge in [0.2, 0.25) is 5.91 Å². The molecule has 0 saturated carbocycles. The number of hydrogen-bond donors (Lipinski definition) is 2. The van der Waals surface area contributed by atoms with Gasteiger partial charge in [-0.3, -0.25) is 4.79 Å². The van der Waals surface area contributed by atoms with Crippen molar-refractivity contribution in [1.29, 1.82) is 0 Å². The summed E-state index contributed by atoms with van der Waals surface area (Å²) in [5, 5.41) is 3.05. The number of fused-ring (bicyclic) bond motifs is 1. The van der Waals surface area contributed by atoms with Crippen LogP contribution in [0.15, 0.2) is 18.2 Å². The molecule has 1 aromatic rings. The van der Waals surface area contributed by atoms with E-state index < -0.39 is 5.41 Å². The largest absolute Gasteiger partial charge is 0.493 e. The number of hydrogen-bond acceptors (Lipinski definition) is 4. The lowest BCUT2D eigenvalue weighted by molar-refractivity contribution is -0.135. The highest BCUT2D eigenvalue weighted by atomic mass is 16.5. The molecule has 0 radical (unpaired) electrons. The first-order chi connectivity index (χ1) is 10.7. The van der Waals surface area contributed by atoms with Crippen molar-refractivity contribution < 1.29 is 14.3 Å². The van der Waals surface area contributed by atoms with Crippen molar-refractivity contribution in [2.24, 2.45) is 11.1 Å². The summed E-state index contributed by atoms with van der Waals surface area (Å²) >= 11 is 0. The molecule has 1 aromatic carbocycles. The predicted octanol–water partition coefficient (Wildman–Crippen LogP) is 1.04. The zero-order valence-corrected chi connectivity index (χ0v) is 12.9. The van der Waals surface area contributed by atoms with Crippen LogP contribution in [0.1, 0.15) is 24.0 Å². The normalized spacial score (nSPS) is 19.3. The molecule has 120 valence electrons. The third-order valence-corrected chi connectivity index (χ3v) is 4.78. The quantitative estimate of drug-likeness (QED) is 0.852. The number of ether oxygens (including phenoxy) is 2. The molecule has 1 saturated heterocycles. The molecule has 3 rings (SSSR count). The molecule has 0 bridgehead atoms. The Morgan fingerprint density at radius 3 is 2.86 bits per heavy atom. The summed E-state index contributed by atoms with van der Waals surface area (Å²) in [6, 6.07) is 6.28. The maximum atomic E-state index is 12.5. The van der Waals surface area contributed by atoms with Crippen LogP contribution in [0.2, 0.25) is 0 Å². The van der Waals surface area contributed by atoms with Gasteiger partial charge in [-0.1, -0.05) is 12.1 Å². The van der Waals surface area contributed by atoms with Gasteiger partial charge in [-0.25, -0.2) is 0 Å². The predicted molar refractivity (Wildman–Crippen MR) is 83.9 cm³/mol. The van der Waals surface area contributed by atoms with Gasteiger partial charge in [-0.2, -0.15) is 0 Å². The average Bonchev–Trinajstić information content (AvgIpc) is 3.03. The summed E-state index contributed by atoms with van der Waals surface area (Å²) in [6.07, 6.45) is 3.24. The van der Waals surface area contributed by atoms with Gasteiger partial charge in [0.05, 0.1) is 12.0 Å². The fourth-order valence-electron chi connectivity index (χ4n) is 3.19. The molecule has 2 aliphatic rings. The molecule has 3 N–H and O–H groups in total. The zero-order valence-electron chi connectivity index (χ0n) is 12.9. The highest BCUT2D eigenvalue weighted by Gasteiger charge is 2.38. The Bertz CT molecular complexity index is 539. The molecule has 0 aromatic heterocycles. The minimum absolute atomic E-state index is 0.0720. The van der Waals surface area contributed by atoms with Crippen molar-refractivity contribution in [2.45, 2.75) is 25.7 Å². The number of carbonyl (C=O) groups excluding carboxylic acids is 1. The SMILES string of the molecule is NCC1(C(=O)NCCc2ccc3c(c2)CCO3)CCOCC1. The number of benzene rings is 1. The van der Waals surface area contributed by atoms with Crippen LogP contribution in [0, 0.1) is 5.41 Å². The van der Waals surface area contributed by atoms with E-state index in [-0.39, 0.29) is 5.91 Å². The second-order valence-electron chi connectivity index (χ2n) is 6.14. The van der Waals surface area contributed by atoms with Crippen molar-refractivity contribution in [3.63, 3.8) is 0 Å². The molecule has 0 unspecified atom stereocenters. The Morgan fingerprint density at radius 2 is 2.09 bits per heavy atom. The van der Waals surface area contributed by atoms with Gasteiger partial charge in [0.15, 0.2) is 0 Å². The lowest BCUT2D eigenvalue weighted by atomic mass is 9.79. The summed E-state index contributed by atoms with van der Waals surface area (Å²) in [5.41, 5.74) is 7.92. The van der Waals surface area contributed by atoms with E-state index >= 15 is 0 Å². The van der Waals surface area contributed by atoms with Crippen molar-refractivity contribution >= 4 is 5.91 Å². The third kappa shape index (κ3) is 3.10. The van der Waals surface area contributed by atoms with Gasteiger partial charge < -0.3 is 20.5 Å². The minimum Gasteiger partial charge on any atom is -0.493 e. The maximum absolute atomic E-state index is 12.5. The van der Waals surface area contributed by atoms with Crippen LogP contribution in [-0.2, 0) is 22.4 Å². The molecule has 5 nitrogen and oxygen atoms in total. The molecule has 2 heterocycles.